The number of nitrogens with one attached hydrogen (secondary N) is 1. The maximum absolute atomic E-state index is 12.9. The lowest BCUT2D eigenvalue weighted by Gasteiger charge is -2.04. The Kier molecular flexibility index (Phi) is 4.93. The zero-order valence-corrected chi connectivity index (χ0v) is 15.9. The maximum atomic E-state index is 12.9. The second-order valence-electron chi connectivity index (χ2n) is 5.91. The summed E-state index contributed by atoms with van der Waals surface area (Å²) in [5, 5.41) is 6.44. The van der Waals surface area contributed by atoms with E-state index in [0.717, 1.165) is 10.4 Å². The smallest absolute Gasteiger partial charge is 0.244 e. The van der Waals surface area contributed by atoms with Gasteiger partial charge >= 0.3 is 0 Å². The summed E-state index contributed by atoms with van der Waals surface area (Å²) in [6, 6.07) is 17.0. The van der Waals surface area contributed by atoms with Crippen LogP contribution in [-0.4, -0.2) is 18.2 Å². The third-order valence-corrected chi connectivity index (χ3v) is 6.25. The van der Waals surface area contributed by atoms with E-state index in [-0.39, 0.29) is 11.4 Å². The summed E-state index contributed by atoms with van der Waals surface area (Å²) in [5.74, 6) is 0.549. The highest BCUT2D eigenvalue weighted by atomic mass is 32.2. The Balaban J connectivity index is 1.67. The van der Waals surface area contributed by atoms with Crippen LogP contribution in [0.4, 0.5) is 0 Å². The normalized spacial score (nSPS) is 11.7. The fourth-order valence-corrected chi connectivity index (χ4v) is 4.63. The maximum Gasteiger partial charge on any atom is 0.244 e. The van der Waals surface area contributed by atoms with Crippen molar-refractivity contribution in [1.29, 1.82) is 0 Å². The van der Waals surface area contributed by atoms with Gasteiger partial charge in [0.1, 0.15) is 16.3 Å². The number of aromatic nitrogens is 2. The number of benzene rings is 1. The molecule has 1 aromatic carbocycles. The molecular weight excluding hydrogens is 382 g/mol. The van der Waals surface area contributed by atoms with Crippen molar-refractivity contribution in [3.63, 3.8) is 0 Å². The van der Waals surface area contributed by atoms with Crippen molar-refractivity contribution in [2.75, 3.05) is 0 Å². The molecule has 0 radical (unpaired) electrons. The fraction of sp³-hybridized carbons (Fsp3) is 0.105. The molecule has 138 valence electrons. The van der Waals surface area contributed by atoms with Crippen molar-refractivity contribution >= 4 is 21.4 Å². The predicted molar refractivity (Wildman–Crippen MR) is 104 cm³/mol. The topological polar surface area (TPSA) is 77.1 Å². The molecule has 27 heavy (non-hydrogen) atoms. The Morgan fingerprint density at radius 1 is 1.07 bits per heavy atom. The lowest BCUT2D eigenvalue weighted by Crippen LogP contribution is -2.23. The van der Waals surface area contributed by atoms with Crippen LogP contribution in [0.15, 0.2) is 81.8 Å². The van der Waals surface area contributed by atoms with Gasteiger partial charge in [-0.25, -0.2) is 13.1 Å². The molecule has 0 saturated carbocycles. The van der Waals surface area contributed by atoms with Crippen molar-refractivity contribution in [3.8, 4) is 10.6 Å². The van der Waals surface area contributed by atoms with Crippen LogP contribution in [0.1, 0.15) is 11.3 Å². The highest BCUT2D eigenvalue weighted by Crippen LogP contribution is 2.30. The second kappa shape index (κ2) is 7.51. The monoisotopic (exact) mass is 399 g/mol. The van der Waals surface area contributed by atoms with Gasteiger partial charge in [0.15, 0.2) is 0 Å². The molecule has 0 spiro atoms. The third-order valence-electron chi connectivity index (χ3n) is 3.98. The Labute approximate surface area is 161 Å². The molecule has 3 aromatic heterocycles. The van der Waals surface area contributed by atoms with Crippen LogP contribution in [0, 0.1) is 0 Å². The van der Waals surface area contributed by atoms with Gasteiger partial charge in [-0.1, -0.05) is 36.4 Å². The van der Waals surface area contributed by atoms with E-state index in [2.05, 4.69) is 9.82 Å². The van der Waals surface area contributed by atoms with Crippen LogP contribution < -0.4 is 4.72 Å². The SMILES string of the molecule is O=S(=O)(NCc1ccco1)c1cn(Cc2ccccc2)nc1-c1cccs1. The van der Waals surface area contributed by atoms with E-state index < -0.39 is 10.0 Å². The van der Waals surface area contributed by atoms with Crippen molar-refractivity contribution in [2.45, 2.75) is 18.0 Å². The van der Waals surface area contributed by atoms with E-state index in [4.69, 9.17) is 4.42 Å². The van der Waals surface area contributed by atoms with E-state index in [1.165, 1.54) is 17.6 Å². The van der Waals surface area contributed by atoms with Gasteiger partial charge in [-0.15, -0.1) is 11.3 Å². The van der Waals surface area contributed by atoms with Gasteiger partial charge in [0.25, 0.3) is 0 Å². The number of nitrogens with zero attached hydrogens (tertiary/aromatic N) is 2. The molecule has 0 atom stereocenters. The first kappa shape index (κ1) is 17.7. The molecule has 0 aliphatic rings. The minimum atomic E-state index is -3.75. The quantitative estimate of drug-likeness (QED) is 0.514. The van der Waals surface area contributed by atoms with E-state index in [1.54, 1.807) is 23.0 Å². The molecule has 0 bridgehead atoms. The Morgan fingerprint density at radius 2 is 1.93 bits per heavy atom. The number of sulfonamides is 1. The number of hydrogen-bond donors (Lipinski definition) is 1. The number of thiophene rings is 1. The molecule has 0 saturated heterocycles. The van der Waals surface area contributed by atoms with Crippen LogP contribution in [0.25, 0.3) is 10.6 Å². The molecule has 8 heteroatoms. The fourth-order valence-electron chi connectivity index (χ4n) is 2.69. The zero-order valence-electron chi connectivity index (χ0n) is 14.3. The Bertz CT molecular complexity index is 1100. The summed E-state index contributed by atoms with van der Waals surface area (Å²) in [7, 11) is -3.75. The van der Waals surface area contributed by atoms with E-state index >= 15 is 0 Å². The molecule has 6 nitrogen and oxygen atoms in total. The second-order valence-corrected chi connectivity index (χ2v) is 8.59. The molecule has 3 heterocycles. The minimum Gasteiger partial charge on any atom is -0.468 e. The van der Waals surface area contributed by atoms with Gasteiger partial charge in [-0.05, 0) is 29.1 Å². The summed E-state index contributed by atoms with van der Waals surface area (Å²) < 4.78 is 35.3. The molecule has 0 aliphatic carbocycles. The number of rotatable bonds is 7. The van der Waals surface area contributed by atoms with E-state index in [9.17, 15) is 8.42 Å². The minimum absolute atomic E-state index is 0.0864. The molecule has 0 amide bonds. The zero-order chi connectivity index (χ0) is 18.7. The molecule has 0 aliphatic heterocycles. The summed E-state index contributed by atoms with van der Waals surface area (Å²) in [4.78, 5) is 0.965. The highest BCUT2D eigenvalue weighted by Gasteiger charge is 2.24. The molecule has 0 fully saturated rings. The number of furan rings is 1. The van der Waals surface area contributed by atoms with Crippen molar-refractivity contribution in [3.05, 3.63) is 83.8 Å². The summed E-state index contributed by atoms with van der Waals surface area (Å²) >= 11 is 1.46. The van der Waals surface area contributed by atoms with Crippen LogP contribution in [0.3, 0.4) is 0 Å². The molecule has 0 unspecified atom stereocenters. The summed E-state index contributed by atoms with van der Waals surface area (Å²) in [5.41, 5.74) is 1.50. The van der Waals surface area contributed by atoms with Gasteiger partial charge < -0.3 is 4.42 Å². The molecule has 1 N–H and O–H groups in total. The largest absolute Gasteiger partial charge is 0.468 e. The van der Waals surface area contributed by atoms with Gasteiger partial charge in [0, 0.05) is 6.20 Å². The summed E-state index contributed by atoms with van der Waals surface area (Å²) in [6.07, 6.45) is 3.09. The van der Waals surface area contributed by atoms with Crippen LogP contribution in [0.2, 0.25) is 0 Å². The lowest BCUT2D eigenvalue weighted by molar-refractivity contribution is 0.498. The first-order valence-electron chi connectivity index (χ1n) is 8.29. The number of hydrogen-bond acceptors (Lipinski definition) is 5. The third kappa shape index (κ3) is 4.02. The van der Waals surface area contributed by atoms with Crippen molar-refractivity contribution in [2.24, 2.45) is 0 Å². The average Bonchev–Trinajstić information content (AvgIpc) is 3.42. The van der Waals surface area contributed by atoms with Crippen LogP contribution in [0.5, 0.6) is 0 Å². The Morgan fingerprint density at radius 3 is 2.63 bits per heavy atom. The van der Waals surface area contributed by atoms with Gasteiger partial charge in [0.05, 0.1) is 24.2 Å². The molecule has 4 aromatic rings. The van der Waals surface area contributed by atoms with Crippen LogP contribution in [-0.2, 0) is 23.1 Å². The van der Waals surface area contributed by atoms with Gasteiger partial charge in [-0.2, -0.15) is 5.10 Å². The lowest BCUT2D eigenvalue weighted by atomic mass is 10.2. The standard InChI is InChI=1S/C19H17N3O3S2/c23-27(24,20-12-16-8-4-10-25-16)18-14-22(13-15-6-2-1-3-7-15)21-19(18)17-9-5-11-26-17/h1-11,14,20H,12-13H2. The predicted octanol–water partition coefficient (Wildman–Crippen LogP) is 3.73. The Hall–Kier alpha value is -2.68. The van der Waals surface area contributed by atoms with Crippen molar-refractivity contribution in [1.82, 2.24) is 14.5 Å². The van der Waals surface area contributed by atoms with Crippen LogP contribution >= 0.6 is 11.3 Å². The summed E-state index contributed by atoms with van der Waals surface area (Å²) in [6.45, 7) is 0.579. The van der Waals surface area contributed by atoms with E-state index in [0.29, 0.717) is 18.0 Å². The van der Waals surface area contributed by atoms with Crippen molar-refractivity contribution < 1.29 is 12.8 Å². The molecular formula is C19H17N3O3S2. The van der Waals surface area contributed by atoms with Gasteiger partial charge in [-0.3, -0.25) is 4.68 Å². The molecule has 4 rings (SSSR count). The first-order chi connectivity index (χ1) is 13.1. The first-order valence-corrected chi connectivity index (χ1v) is 10.7. The highest BCUT2D eigenvalue weighted by molar-refractivity contribution is 7.89. The van der Waals surface area contributed by atoms with E-state index in [1.807, 2.05) is 47.8 Å². The van der Waals surface area contributed by atoms with Gasteiger partial charge in [0.2, 0.25) is 10.0 Å². The average molecular weight is 399 g/mol.